The Bertz CT molecular complexity index is 376. The van der Waals surface area contributed by atoms with Gasteiger partial charge in [0.1, 0.15) is 0 Å². The van der Waals surface area contributed by atoms with Gasteiger partial charge in [-0.05, 0) is 30.7 Å². The minimum absolute atomic E-state index is 0.0650. The van der Waals surface area contributed by atoms with Gasteiger partial charge in [-0.3, -0.25) is 9.69 Å². The number of hydrogen-bond donors (Lipinski definition) is 2. The number of nitrogens with zero attached hydrogens (tertiary/aromatic N) is 1. The van der Waals surface area contributed by atoms with Crippen molar-refractivity contribution in [3.63, 3.8) is 0 Å². The van der Waals surface area contributed by atoms with Crippen LogP contribution in [0.4, 0.5) is 0 Å². The fourth-order valence-electron chi connectivity index (χ4n) is 1.96. The van der Waals surface area contributed by atoms with Crippen LogP contribution in [-0.4, -0.2) is 42.7 Å². The number of rotatable bonds is 8. The largest absolute Gasteiger partial charge is 0.395 e. The van der Waals surface area contributed by atoms with Gasteiger partial charge in [0, 0.05) is 25.7 Å². The SMILES string of the molecule is CCCCN(CCO)Cc1ccc(C(=O)NC)cc1. The van der Waals surface area contributed by atoms with Gasteiger partial charge >= 0.3 is 0 Å². The van der Waals surface area contributed by atoms with E-state index in [4.69, 9.17) is 5.11 Å². The predicted molar refractivity (Wildman–Crippen MR) is 77.1 cm³/mol. The lowest BCUT2D eigenvalue weighted by atomic mass is 10.1. The number of benzene rings is 1. The van der Waals surface area contributed by atoms with Gasteiger partial charge in [-0.15, -0.1) is 0 Å². The van der Waals surface area contributed by atoms with Crippen LogP contribution in [0.2, 0.25) is 0 Å². The first-order valence-electron chi connectivity index (χ1n) is 6.85. The predicted octanol–water partition coefficient (Wildman–Crippen LogP) is 1.64. The van der Waals surface area contributed by atoms with E-state index < -0.39 is 0 Å². The van der Waals surface area contributed by atoms with Crippen molar-refractivity contribution in [1.82, 2.24) is 10.2 Å². The minimum atomic E-state index is -0.0650. The van der Waals surface area contributed by atoms with Gasteiger partial charge in [0.05, 0.1) is 6.61 Å². The van der Waals surface area contributed by atoms with Crippen molar-refractivity contribution in [3.05, 3.63) is 35.4 Å². The van der Waals surface area contributed by atoms with E-state index in [-0.39, 0.29) is 12.5 Å². The van der Waals surface area contributed by atoms with Crippen molar-refractivity contribution in [2.75, 3.05) is 26.7 Å². The Morgan fingerprint density at radius 1 is 1.26 bits per heavy atom. The molecule has 0 unspecified atom stereocenters. The van der Waals surface area contributed by atoms with Crippen LogP contribution in [0, 0.1) is 0 Å². The van der Waals surface area contributed by atoms with E-state index >= 15 is 0 Å². The molecule has 0 saturated carbocycles. The monoisotopic (exact) mass is 264 g/mol. The standard InChI is InChI=1S/C15H24N2O2/c1-3-4-9-17(10-11-18)12-13-5-7-14(8-6-13)15(19)16-2/h5-8,18H,3-4,9-12H2,1-2H3,(H,16,19). The maximum atomic E-state index is 11.4. The van der Waals surface area contributed by atoms with Crippen LogP contribution in [0.15, 0.2) is 24.3 Å². The summed E-state index contributed by atoms with van der Waals surface area (Å²) in [7, 11) is 1.63. The summed E-state index contributed by atoms with van der Waals surface area (Å²) in [5, 5.41) is 11.7. The molecule has 0 aliphatic rings. The molecule has 1 amide bonds. The van der Waals surface area contributed by atoms with E-state index in [0.29, 0.717) is 12.1 Å². The number of carbonyl (C=O) groups excluding carboxylic acids is 1. The van der Waals surface area contributed by atoms with Gasteiger partial charge in [-0.1, -0.05) is 25.5 Å². The van der Waals surface area contributed by atoms with Gasteiger partial charge < -0.3 is 10.4 Å². The summed E-state index contributed by atoms with van der Waals surface area (Å²) in [5.41, 5.74) is 1.84. The van der Waals surface area contributed by atoms with Gasteiger partial charge in [0.15, 0.2) is 0 Å². The third kappa shape index (κ3) is 5.41. The third-order valence-electron chi connectivity index (χ3n) is 3.09. The van der Waals surface area contributed by atoms with Crippen LogP contribution >= 0.6 is 0 Å². The second-order valence-corrected chi connectivity index (χ2v) is 4.63. The molecule has 0 spiro atoms. The third-order valence-corrected chi connectivity index (χ3v) is 3.09. The molecular formula is C15H24N2O2. The fourth-order valence-corrected chi connectivity index (χ4v) is 1.96. The van der Waals surface area contributed by atoms with E-state index in [1.165, 1.54) is 0 Å². The number of aliphatic hydroxyl groups excluding tert-OH is 1. The Morgan fingerprint density at radius 2 is 1.95 bits per heavy atom. The van der Waals surface area contributed by atoms with E-state index in [1.54, 1.807) is 7.05 Å². The van der Waals surface area contributed by atoms with Gasteiger partial charge in [0.25, 0.3) is 5.91 Å². The lowest BCUT2D eigenvalue weighted by molar-refractivity contribution is 0.0963. The van der Waals surface area contributed by atoms with Crippen molar-refractivity contribution >= 4 is 5.91 Å². The summed E-state index contributed by atoms with van der Waals surface area (Å²) < 4.78 is 0. The highest BCUT2D eigenvalue weighted by atomic mass is 16.3. The Morgan fingerprint density at radius 3 is 2.47 bits per heavy atom. The lowest BCUT2D eigenvalue weighted by Gasteiger charge is -2.21. The summed E-state index contributed by atoms with van der Waals surface area (Å²) in [6.45, 7) is 4.84. The van der Waals surface area contributed by atoms with Gasteiger partial charge in [-0.2, -0.15) is 0 Å². The van der Waals surface area contributed by atoms with Crippen molar-refractivity contribution < 1.29 is 9.90 Å². The summed E-state index contributed by atoms with van der Waals surface area (Å²) in [6.07, 6.45) is 2.29. The fraction of sp³-hybridized carbons (Fsp3) is 0.533. The molecule has 0 aromatic heterocycles. The highest BCUT2D eigenvalue weighted by Gasteiger charge is 2.06. The quantitative estimate of drug-likeness (QED) is 0.750. The highest BCUT2D eigenvalue weighted by molar-refractivity contribution is 5.93. The number of aliphatic hydroxyl groups is 1. The van der Waals surface area contributed by atoms with Crippen molar-refractivity contribution in [3.8, 4) is 0 Å². The van der Waals surface area contributed by atoms with Crippen LogP contribution < -0.4 is 5.32 Å². The van der Waals surface area contributed by atoms with Gasteiger partial charge in [-0.25, -0.2) is 0 Å². The molecule has 0 fully saturated rings. The molecule has 1 aromatic rings. The summed E-state index contributed by atoms with van der Waals surface area (Å²) in [6, 6.07) is 7.62. The number of carbonyl (C=O) groups is 1. The average molecular weight is 264 g/mol. The Kier molecular flexibility index (Phi) is 7.15. The molecular weight excluding hydrogens is 240 g/mol. The molecule has 4 nitrogen and oxygen atoms in total. The molecule has 1 rings (SSSR count). The Hall–Kier alpha value is -1.39. The first-order chi connectivity index (χ1) is 9.21. The number of hydrogen-bond acceptors (Lipinski definition) is 3. The first-order valence-corrected chi connectivity index (χ1v) is 6.85. The minimum Gasteiger partial charge on any atom is -0.395 e. The molecule has 106 valence electrons. The van der Waals surface area contributed by atoms with Crippen LogP contribution in [0.1, 0.15) is 35.7 Å². The lowest BCUT2D eigenvalue weighted by Crippen LogP contribution is -2.27. The van der Waals surface area contributed by atoms with Crippen LogP contribution in [0.3, 0.4) is 0 Å². The molecule has 0 saturated heterocycles. The zero-order valence-electron chi connectivity index (χ0n) is 11.9. The number of nitrogens with one attached hydrogen (secondary N) is 1. The Labute approximate surface area is 115 Å². The smallest absolute Gasteiger partial charge is 0.251 e. The maximum Gasteiger partial charge on any atom is 0.251 e. The van der Waals surface area contributed by atoms with E-state index in [1.807, 2.05) is 24.3 Å². The molecule has 4 heteroatoms. The highest BCUT2D eigenvalue weighted by Crippen LogP contribution is 2.08. The van der Waals surface area contributed by atoms with E-state index in [9.17, 15) is 4.79 Å². The van der Waals surface area contributed by atoms with Crippen molar-refractivity contribution in [1.29, 1.82) is 0 Å². The van der Waals surface area contributed by atoms with E-state index in [2.05, 4.69) is 17.1 Å². The zero-order valence-corrected chi connectivity index (χ0v) is 11.9. The molecule has 0 heterocycles. The molecule has 1 aromatic carbocycles. The second kappa shape index (κ2) is 8.67. The summed E-state index contributed by atoms with van der Waals surface area (Å²) in [5.74, 6) is -0.0650. The molecule has 19 heavy (non-hydrogen) atoms. The zero-order chi connectivity index (χ0) is 14.1. The average Bonchev–Trinajstić information content (AvgIpc) is 2.45. The van der Waals surface area contributed by atoms with Crippen molar-refractivity contribution in [2.24, 2.45) is 0 Å². The van der Waals surface area contributed by atoms with Crippen LogP contribution in [0.5, 0.6) is 0 Å². The number of unbranched alkanes of at least 4 members (excludes halogenated alkanes) is 1. The molecule has 0 aliphatic carbocycles. The molecule has 0 atom stereocenters. The summed E-state index contributed by atoms with van der Waals surface area (Å²) in [4.78, 5) is 13.7. The summed E-state index contributed by atoms with van der Waals surface area (Å²) >= 11 is 0. The van der Waals surface area contributed by atoms with Crippen molar-refractivity contribution in [2.45, 2.75) is 26.3 Å². The molecule has 0 radical (unpaired) electrons. The normalized spacial score (nSPS) is 10.7. The van der Waals surface area contributed by atoms with Crippen LogP contribution in [0.25, 0.3) is 0 Å². The topological polar surface area (TPSA) is 52.6 Å². The molecule has 2 N–H and O–H groups in total. The molecule has 0 aliphatic heterocycles. The van der Waals surface area contributed by atoms with Crippen LogP contribution in [-0.2, 0) is 6.54 Å². The van der Waals surface area contributed by atoms with Gasteiger partial charge in [0.2, 0.25) is 0 Å². The first kappa shape index (κ1) is 15.7. The maximum absolute atomic E-state index is 11.4. The number of amides is 1. The molecule has 0 bridgehead atoms. The Balaban J connectivity index is 2.60. The van der Waals surface area contributed by atoms with E-state index in [0.717, 1.165) is 31.5 Å². The second-order valence-electron chi connectivity index (χ2n) is 4.63.